The maximum absolute atomic E-state index is 13.2. The second-order valence-corrected chi connectivity index (χ2v) is 6.59. The molecule has 2 aromatic rings. The first-order chi connectivity index (χ1) is 13.4. The predicted octanol–water partition coefficient (Wildman–Crippen LogP) is 3.28. The zero-order valence-electron chi connectivity index (χ0n) is 17.1. The average Bonchev–Trinajstić information content (AvgIpc) is 2.68. The maximum Gasteiger partial charge on any atom is 0.253 e. The van der Waals surface area contributed by atoms with E-state index in [4.69, 9.17) is 4.74 Å². The van der Waals surface area contributed by atoms with Crippen LogP contribution in [0.4, 0.5) is 4.39 Å². The van der Waals surface area contributed by atoms with Crippen LogP contribution in [0.15, 0.2) is 53.5 Å². The zero-order chi connectivity index (χ0) is 20.5. The normalized spacial score (nSPS) is 11.8. The second kappa shape index (κ2) is 12.3. The van der Waals surface area contributed by atoms with Crippen LogP contribution in [0, 0.1) is 5.82 Å². The first kappa shape index (κ1) is 24.7. The standard InChI is InChI=1S/C21H27FN4O2.HI/c1-15(28-19-7-5-6-18(22)12-19)13-24-21(23-2)25-14-16-8-10-17(11-9-16)20(27)26(3)4;/h5-12,15H,13-14H2,1-4H3,(H2,23,24,25);1H. The van der Waals surface area contributed by atoms with Crippen molar-refractivity contribution in [1.29, 1.82) is 0 Å². The number of halogens is 2. The summed E-state index contributed by atoms with van der Waals surface area (Å²) in [6.07, 6.45) is -0.170. The third-order valence-corrected chi connectivity index (χ3v) is 3.98. The summed E-state index contributed by atoms with van der Waals surface area (Å²) in [6.45, 7) is 2.97. The van der Waals surface area contributed by atoms with Gasteiger partial charge in [-0.15, -0.1) is 24.0 Å². The molecule has 8 heteroatoms. The van der Waals surface area contributed by atoms with Gasteiger partial charge in [0.1, 0.15) is 17.7 Å². The van der Waals surface area contributed by atoms with Crippen molar-refractivity contribution in [2.75, 3.05) is 27.7 Å². The Balaban J connectivity index is 0.00000420. The van der Waals surface area contributed by atoms with Crippen LogP contribution in [-0.2, 0) is 6.54 Å². The minimum atomic E-state index is -0.326. The van der Waals surface area contributed by atoms with Crippen LogP contribution in [0.5, 0.6) is 5.75 Å². The molecular formula is C21H28FIN4O2. The second-order valence-electron chi connectivity index (χ2n) is 6.59. The Morgan fingerprint density at radius 2 is 1.86 bits per heavy atom. The molecule has 0 aliphatic rings. The highest BCUT2D eigenvalue weighted by molar-refractivity contribution is 14.0. The van der Waals surface area contributed by atoms with E-state index in [1.54, 1.807) is 38.2 Å². The first-order valence-electron chi connectivity index (χ1n) is 9.06. The molecule has 2 aromatic carbocycles. The monoisotopic (exact) mass is 514 g/mol. The lowest BCUT2D eigenvalue weighted by Gasteiger charge is -2.18. The highest BCUT2D eigenvalue weighted by atomic mass is 127. The lowest BCUT2D eigenvalue weighted by molar-refractivity contribution is 0.0827. The van der Waals surface area contributed by atoms with E-state index >= 15 is 0 Å². The first-order valence-corrected chi connectivity index (χ1v) is 9.06. The largest absolute Gasteiger partial charge is 0.489 e. The summed E-state index contributed by atoms with van der Waals surface area (Å²) in [5, 5.41) is 6.39. The SMILES string of the molecule is CN=C(NCc1ccc(C(=O)N(C)C)cc1)NCC(C)Oc1cccc(F)c1.I. The van der Waals surface area contributed by atoms with Gasteiger partial charge in [-0.1, -0.05) is 18.2 Å². The minimum absolute atomic E-state index is 0. The van der Waals surface area contributed by atoms with Gasteiger partial charge in [-0.05, 0) is 36.8 Å². The van der Waals surface area contributed by atoms with Gasteiger partial charge in [0.2, 0.25) is 0 Å². The molecular weight excluding hydrogens is 486 g/mol. The van der Waals surface area contributed by atoms with Gasteiger partial charge in [-0.25, -0.2) is 4.39 Å². The Bertz CT molecular complexity index is 813. The van der Waals surface area contributed by atoms with E-state index in [0.29, 0.717) is 30.4 Å². The summed E-state index contributed by atoms with van der Waals surface area (Å²) in [6, 6.07) is 13.5. The number of amides is 1. The number of hydrogen-bond acceptors (Lipinski definition) is 3. The van der Waals surface area contributed by atoms with Gasteiger partial charge >= 0.3 is 0 Å². The number of nitrogens with one attached hydrogen (secondary N) is 2. The number of benzene rings is 2. The van der Waals surface area contributed by atoms with Gasteiger partial charge in [0, 0.05) is 39.3 Å². The molecule has 0 spiro atoms. The smallest absolute Gasteiger partial charge is 0.253 e. The van der Waals surface area contributed by atoms with Crippen LogP contribution < -0.4 is 15.4 Å². The number of hydrogen-bond donors (Lipinski definition) is 2. The van der Waals surface area contributed by atoms with E-state index in [1.165, 1.54) is 12.1 Å². The Hall–Kier alpha value is -2.36. The summed E-state index contributed by atoms with van der Waals surface area (Å²) >= 11 is 0. The molecule has 0 fully saturated rings. The Kier molecular flexibility index (Phi) is 10.4. The molecule has 0 aliphatic heterocycles. The summed E-state index contributed by atoms with van der Waals surface area (Å²) in [5.74, 6) is 0.769. The minimum Gasteiger partial charge on any atom is -0.489 e. The molecule has 0 radical (unpaired) electrons. The van der Waals surface area contributed by atoms with Crippen LogP contribution in [-0.4, -0.2) is 50.6 Å². The van der Waals surface area contributed by atoms with Crippen LogP contribution in [0.2, 0.25) is 0 Å². The van der Waals surface area contributed by atoms with E-state index in [9.17, 15) is 9.18 Å². The van der Waals surface area contributed by atoms with E-state index in [1.807, 2.05) is 31.2 Å². The highest BCUT2D eigenvalue weighted by Crippen LogP contribution is 2.13. The highest BCUT2D eigenvalue weighted by Gasteiger charge is 2.08. The van der Waals surface area contributed by atoms with Crippen molar-refractivity contribution in [3.63, 3.8) is 0 Å². The van der Waals surface area contributed by atoms with Gasteiger partial charge in [0.25, 0.3) is 5.91 Å². The molecule has 0 aromatic heterocycles. The number of aliphatic imine (C=N–C) groups is 1. The molecule has 0 bridgehead atoms. The molecule has 1 atom stereocenters. The van der Waals surface area contributed by atoms with Crippen molar-refractivity contribution in [2.24, 2.45) is 4.99 Å². The van der Waals surface area contributed by atoms with Crippen LogP contribution in [0.3, 0.4) is 0 Å². The number of guanidine groups is 1. The van der Waals surface area contributed by atoms with Gasteiger partial charge in [-0.3, -0.25) is 9.79 Å². The zero-order valence-corrected chi connectivity index (χ0v) is 19.4. The molecule has 2 N–H and O–H groups in total. The maximum atomic E-state index is 13.2. The van der Waals surface area contributed by atoms with E-state index < -0.39 is 0 Å². The van der Waals surface area contributed by atoms with Crippen molar-refractivity contribution in [1.82, 2.24) is 15.5 Å². The number of carbonyl (C=O) groups excluding carboxylic acids is 1. The molecule has 6 nitrogen and oxygen atoms in total. The summed E-state index contributed by atoms with van der Waals surface area (Å²) in [4.78, 5) is 17.6. The van der Waals surface area contributed by atoms with E-state index in [2.05, 4.69) is 15.6 Å². The molecule has 2 rings (SSSR count). The third-order valence-electron chi connectivity index (χ3n) is 3.98. The fourth-order valence-corrected chi connectivity index (χ4v) is 2.48. The Labute approximate surface area is 188 Å². The number of carbonyl (C=O) groups is 1. The van der Waals surface area contributed by atoms with Gasteiger partial charge in [0.05, 0.1) is 6.54 Å². The quantitative estimate of drug-likeness (QED) is 0.338. The lowest BCUT2D eigenvalue weighted by atomic mass is 10.1. The Morgan fingerprint density at radius 3 is 2.45 bits per heavy atom. The molecule has 0 saturated heterocycles. The molecule has 0 heterocycles. The third kappa shape index (κ3) is 8.26. The van der Waals surface area contributed by atoms with E-state index in [-0.39, 0.29) is 41.8 Å². The molecule has 0 saturated carbocycles. The van der Waals surface area contributed by atoms with Gasteiger partial charge in [-0.2, -0.15) is 0 Å². The number of ether oxygens (including phenoxy) is 1. The predicted molar refractivity (Wildman–Crippen MR) is 125 cm³/mol. The molecule has 29 heavy (non-hydrogen) atoms. The fourth-order valence-electron chi connectivity index (χ4n) is 2.48. The van der Waals surface area contributed by atoms with Crippen LogP contribution in [0.1, 0.15) is 22.8 Å². The number of nitrogens with zero attached hydrogens (tertiary/aromatic N) is 2. The number of rotatable bonds is 7. The van der Waals surface area contributed by atoms with E-state index in [0.717, 1.165) is 5.56 Å². The van der Waals surface area contributed by atoms with Crippen molar-refractivity contribution in [2.45, 2.75) is 19.6 Å². The van der Waals surface area contributed by atoms with Crippen molar-refractivity contribution >= 4 is 35.8 Å². The topological polar surface area (TPSA) is 66.0 Å². The molecule has 1 unspecified atom stereocenters. The van der Waals surface area contributed by atoms with Crippen molar-refractivity contribution < 1.29 is 13.9 Å². The van der Waals surface area contributed by atoms with Crippen molar-refractivity contribution in [3.05, 3.63) is 65.5 Å². The summed E-state index contributed by atoms with van der Waals surface area (Å²) < 4.78 is 18.9. The lowest BCUT2D eigenvalue weighted by Crippen LogP contribution is -2.41. The van der Waals surface area contributed by atoms with Crippen LogP contribution in [0.25, 0.3) is 0 Å². The molecule has 158 valence electrons. The average molecular weight is 514 g/mol. The van der Waals surface area contributed by atoms with Crippen LogP contribution >= 0.6 is 24.0 Å². The van der Waals surface area contributed by atoms with Crippen molar-refractivity contribution in [3.8, 4) is 5.75 Å². The summed E-state index contributed by atoms with van der Waals surface area (Å²) in [7, 11) is 5.14. The Morgan fingerprint density at radius 1 is 1.17 bits per heavy atom. The molecule has 0 aliphatic carbocycles. The fraction of sp³-hybridized carbons (Fsp3) is 0.333. The van der Waals surface area contributed by atoms with Gasteiger partial charge in [0.15, 0.2) is 5.96 Å². The van der Waals surface area contributed by atoms with Gasteiger partial charge < -0.3 is 20.3 Å². The molecule has 1 amide bonds. The summed E-state index contributed by atoms with van der Waals surface area (Å²) in [5.41, 5.74) is 1.68.